The molecule has 4 heteroatoms. The Labute approximate surface area is 138 Å². The molecule has 23 heavy (non-hydrogen) atoms. The van der Waals surface area contributed by atoms with Crippen molar-refractivity contribution in [3.05, 3.63) is 34.4 Å². The molecule has 0 saturated carbocycles. The number of aromatic carboxylic acids is 1. The number of carbonyl (C=O) groups is 2. The summed E-state index contributed by atoms with van der Waals surface area (Å²) in [7, 11) is 0. The molecule has 0 amide bonds. The molecular formula is C19H28O4. The van der Waals surface area contributed by atoms with Gasteiger partial charge < -0.3 is 9.84 Å². The van der Waals surface area contributed by atoms with E-state index in [0.29, 0.717) is 0 Å². The highest BCUT2D eigenvalue weighted by Crippen LogP contribution is 2.22. The van der Waals surface area contributed by atoms with Crippen molar-refractivity contribution in [3.63, 3.8) is 0 Å². The van der Waals surface area contributed by atoms with Gasteiger partial charge in [0.1, 0.15) is 6.10 Å². The largest absolute Gasteiger partial charge is 0.478 e. The Balaban J connectivity index is 3.10. The Morgan fingerprint density at radius 3 is 2.30 bits per heavy atom. The van der Waals surface area contributed by atoms with Gasteiger partial charge in [-0.15, -0.1) is 0 Å². The van der Waals surface area contributed by atoms with Crippen LogP contribution in [0.2, 0.25) is 0 Å². The van der Waals surface area contributed by atoms with Gasteiger partial charge in [0.25, 0.3) is 0 Å². The molecule has 1 N–H and O–H groups in total. The van der Waals surface area contributed by atoms with Crippen molar-refractivity contribution in [3.8, 4) is 0 Å². The van der Waals surface area contributed by atoms with Gasteiger partial charge in [-0.1, -0.05) is 40.5 Å². The lowest BCUT2D eigenvalue weighted by Crippen LogP contribution is -2.25. The van der Waals surface area contributed by atoms with Crippen molar-refractivity contribution >= 4 is 11.9 Å². The second-order valence-corrected chi connectivity index (χ2v) is 6.31. The Bertz CT molecular complexity index is 561. The van der Waals surface area contributed by atoms with E-state index in [-0.39, 0.29) is 23.1 Å². The predicted molar refractivity (Wildman–Crippen MR) is 91.1 cm³/mol. The minimum Gasteiger partial charge on any atom is -0.478 e. The molecule has 1 aromatic rings. The van der Waals surface area contributed by atoms with Crippen LogP contribution in [-0.4, -0.2) is 23.1 Å². The highest BCUT2D eigenvalue weighted by atomic mass is 16.5. The fourth-order valence-corrected chi connectivity index (χ4v) is 2.61. The van der Waals surface area contributed by atoms with Crippen LogP contribution in [0.5, 0.6) is 0 Å². The minimum absolute atomic E-state index is 0.0236. The van der Waals surface area contributed by atoms with Crippen LogP contribution in [0, 0.1) is 12.8 Å². The lowest BCUT2D eigenvalue weighted by atomic mass is 9.97. The molecule has 1 aromatic carbocycles. The van der Waals surface area contributed by atoms with Crippen molar-refractivity contribution in [2.24, 2.45) is 5.92 Å². The number of aryl methyl sites for hydroxylation is 2. The molecule has 0 saturated heterocycles. The number of carbonyl (C=O) groups excluding carboxylic acids is 1. The zero-order chi connectivity index (χ0) is 17.6. The SMILES string of the molecule is CCCCC(OC(=O)c1cc(C)c(CC)cc1C(=O)O)C(C)C. The summed E-state index contributed by atoms with van der Waals surface area (Å²) < 4.78 is 5.62. The van der Waals surface area contributed by atoms with Gasteiger partial charge in [-0.05, 0) is 48.9 Å². The number of carboxylic acid groups (broad SMARTS) is 1. The number of ether oxygens (including phenoxy) is 1. The number of carboxylic acids is 1. The van der Waals surface area contributed by atoms with Crippen LogP contribution in [0.1, 0.15) is 78.8 Å². The molecule has 0 spiro atoms. The second kappa shape index (κ2) is 8.70. The van der Waals surface area contributed by atoms with Crippen molar-refractivity contribution in [1.29, 1.82) is 0 Å². The zero-order valence-corrected chi connectivity index (χ0v) is 14.8. The van der Waals surface area contributed by atoms with Crippen LogP contribution < -0.4 is 0 Å². The van der Waals surface area contributed by atoms with Crippen LogP contribution in [0.15, 0.2) is 12.1 Å². The normalized spacial score (nSPS) is 12.3. The van der Waals surface area contributed by atoms with Crippen molar-refractivity contribution in [2.75, 3.05) is 0 Å². The molecule has 1 unspecified atom stereocenters. The summed E-state index contributed by atoms with van der Waals surface area (Å²) >= 11 is 0. The van der Waals surface area contributed by atoms with Gasteiger partial charge in [0.05, 0.1) is 11.1 Å². The van der Waals surface area contributed by atoms with Gasteiger partial charge in [0.2, 0.25) is 0 Å². The molecule has 128 valence electrons. The number of unbranched alkanes of at least 4 members (excludes halogenated alkanes) is 1. The van der Waals surface area contributed by atoms with E-state index >= 15 is 0 Å². The maximum Gasteiger partial charge on any atom is 0.339 e. The van der Waals surface area contributed by atoms with E-state index in [9.17, 15) is 14.7 Å². The van der Waals surface area contributed by atoms with E-state index < -0.39 is 11.9 Å². The van der Waals surface area contributed by atoms with Crippen molar-refractivity contribution in [2.45, 2.75) is 66.4 Å². The summed E-state index contributed by atoms with van der Waals surface area (Å²) in [6.07, 6.45) is 3.36. The first-order chi connectivity index (χ1) is 10.8. The van der Waals surface area contributed by atoms with E-state index in [1.54, 1.807) is 12.1 Å². The zero-order valence-electron chi connectivity index (χ0n) is 14.8. The maximum atomic E-state index is 12.5. The first-order valence-corrected chi connectivity index (χ1v) is 8.39. The second-order valence-electron chi connectivity index (χ2n) is 6.31. The average Bonchev–Trinajstić information content (AvgIpc) is 2.50. The highest BCUT2D eigenvalue weighted by Gasteiger charge is 2.24. The van der Waals surface area contributed by atoms with Gasteiger partial charge in [0.15, 0.2) is 0 Å². The molecule has 1 rings (SSSR count). The molecular weight excluding hydrogens is 292 g/mol. The van der Waals surface area contributed by atoms with Crippen LogP contribution in [0.3, 0.4) is 0 Å². The lowest BCUT2D eigenvalue weighted by molar-refractivity contribution is 0.0148. The van der Waals surface area contributed by atoms with E-state index in [4.69, 9.17) is 4.74 Å². The average molecular weight is 320 g/mol. The molecule has 0 fully saturated rings. The molecule has 0 aliphatic rings. The van der Waals surface area contributed by atoms with E-state index in [1.807, 2.05) is 27.7 Å². The van der Waals surface area contributed by atoms with Gasteiger partial charge in [-0.25, -0.2) is 9.59 Å². The van der Waals surface area contributed by atoms with Crippen LogP contribution in [0.4, 0.5) is 0 Å². The van der Waals surface area contributed by atoms with Gasteiger partial charge >= 0.3 is 11.9 Å². The quantitative estimate of drug-likeness (QED) is 0.709. The summed E-state index contributed by atoms with van der Waals surface area (Å²) in [5.41, 5.74) is 2.02. The summed E-state index contributed by atoms with van der Waals surface area (Å²) in [6, 6.07) is 3.23. The first kappa shape index (κ1) is 19.2. The first-order valence-electron chi connectivity index (χ1n) is 8.39. The smallest absolute Gasteiger partial charge is 0.339 e. The Kier molecular flexibility index (Phi) is 7.27. The fraction of sp³-hybridized carbons (Fsp3) is 0.579. The third kappa shape index (κ3) is 5.08. The Morgan fingerprint density at radius 2 is 1.83 bits per heavy atom. The molecule has 1 atom stereocenters. The van der Waals surface area contributed by atoms with E-state index in [2.05, 4.69) is 6.92 Å². The van der Waals surface area contributed by atoms with Crippen LogP contribution in [0.25, 0.3) is 0 Å². The van der Waals surface area contributed by atoms with E-state index in [0.717, 1.165) is 36.8 Å². The number of esters is 1. The highest BCUT2D eigenvalue weighted by molar-refractivity contribution is 6.02. The summed E-state index contributed by atoms with van der Waals surface area (Å²) in [4.78, 5) is 24.0. The molecule has 4 nitrogen and oxygen atoms in total. The molecule has 0 heterocycles. The lowest BCUT2D eigenvalue weighted by Gasteiger charge is -2.22. The Morgan fingerprint density at radius 1 is 1.17 bits per heavy atom. The number of hydrogen-bond acceptors (Lipinski definition) is 3. The third-order valence-corrected chi connectivity index (χ3v) is 4.15. The topological polar surface area (TPSA) is 63.6 Å². The molecule has 0 bridgehead atoms. The summed E-state index contributed by atoms with van der Waals surface area (Å²) in [5.74, 6) is -1.43. The predicted octanol–water partition coefficient (Wildman–Crippen LogP) is 4.63. The number of rotatable bonds is 8. The summed E-state index contributed by atoms with van der Waals surface area (Å²) in [6.45, 7) is 9.96. The standard InChI is InChI=1S/C19H28O4/c1-6-8-9-17(12(3)4)23-19(22)16-10-13(5)14(7-2)11-15(16)18(20)21/h10-12,17H,6-9H2,1-5H3,(H,20,21). The molecule has 0 aliphatic carbocycles. The van der Waals surface area contributed by atoms with Crippen LogP contribution in [-0.2, 0) is 11.2 Å². The molecule has 0 radical (unpaired) electrons. The Hall–Kier alpha value is -1.84. The maximum absolute atomic E-state index is 12.5. The van der Waals surface area contributed by atoms with Gasteiger partial charge in [-0.2, -0.15) is 0 Å². The van der Waals surface area contributed by atoms with Crippen molar-refractivity contribution in [1.82, 2.24) is 0 Å². The summed E-state index contributed by atoms with van der Waals surface area (Å²) in [5, 5.41) is 9.40. The monoisotopic (exact) mass is 320 g/mol. The van der Waals surface area contributed by atoms with Gasteiger partial charge in [0, 0.05) is 0 Å². The molecule has 0 aliphatic heterocycles. The van der Waals surface area contributed by atoms with Gasteiger partial charge in [-0.3, -0.25) is 0 Å². The minimum atomic E-state index is -1.10. The van der Waals surface area contributed by atoms with E-state index in [1.165, 1.54) is 0 Å². The number of hydrogen-bond donors (Lipinski definition) is 1. The third-order valence-electron chi connectivity index (χ3n) is 4.15. The van der Waals surface area contributed by atoms with Crippen LogP contribution >= 0.6 is 0 Å². The fourth-order valence-electron chi connectivity index (χ4n) is 2.61. The van der Waals surface area contributed by atoms with Crippen molar-refractivity contribution < 1.29 is 19.4 Å². The molecule has 0 aromatic heterocycles. The number of benzene rings is 1.